The molecule has 0 saturated carbocycles. The molecule has 3 nitrogen and oxygen atoms in total. The molecule has 0 bridgehead atoms. The molecule has 2 atom stereocenters. The summed E-state index contributed by atoms with van der Waals surface area (Å²) in [5.74, 6) is 0. The van der Waals surface area contributed by atoms with Crippen molar-refractivity contribution >= 4 is 0 Å². The summed E-state index contributed by atoms with van der Waals surface area (Å²) in [7, 11) is 3.83. The number of methoxy groups -OCH3 is 1. The summed E-state index contributed by atoms with van der Waals surface area (Å²) in [4.78, 5) is 2.49. The van der Waals surface area contributed by atoms with E-state index in [0.717, 1.165) is 13.2 Å². The molecule has 16 heavy (non-hydrogen) atoms. The molecule has 0 spiro atoms. The van der Waals surface area contributed by atoms with Gasteiger partial charge in [0.2, 0.25) is 0 Å². The molecule has 0 aromatic rings. The Morgan fingerprint density at radius 1 is 1.31 bits per heavy atom. The zero-order valence-electron chi connectivity index (χ0n) is 11.8. The highest BCUT2D eigenvalue weighted by molar-refractivity contribution is 4.68. The van der Waals surface area contributed by atoms with Crippen LogP contribution in [0.5, 0.6) is 0 Å². The van der Waals surface area contributed by atoms with Crippen molar-refractivity contribution in [2.75, 3.05) is 33.9 Å². The van der Waals surface area contributed by atoms with E-state index in [1.807, 2.05) is 0 Å². The third-order valence-electron chi connectivity index (χ3n) is 3.34. The van der Waals surface area contributed by atoms with Gasteiger partial charge in [0.25, 0.3) is 0 Å². The van der Waals surface area contributed by atoms with Gasteiger partial charge in [-0.05, 0) is 46.3 Å². The standard InChI is InChI=1S/C13H30N2O/c1-6-13(14-4)9-8-10-15(7-2)12(3)11-16-5/h12-14H,6-11H2,1-5H3. The first-order chi connectivity index (χ1) is 7.69. The number of hydrogen-bond donors (Lipinski definition) is 1. The molecular weight excluding hydrogens is 200 g/mol. The summed E-state index contributed by atoms with van der Waals surface area (Å²) in [5.41, 5.74) is 0. The van der Waals surface area contributed by atoms with Gasteiger partial charge in [-0.3, -0.25) is 4.90 Å². The largest absolute Gasteiger partial charge is 0.383 e. The lowest BCUT2D eigenvalue weighted by Gasteiger charge is -2.27. The van der Waals surface area contributed by atoms with Crippen molar-refractivity contribution in [2.45, 2.75) is 52.1 Å². The Bertz CT molecular complexity index is 149. The van der Waals surface area contributed by atoms with Crippen molar-refractivity contribution in [2.24, 2.45) is 0 Å². The summed E-state index contributed by atoms with van der Waals surface area (Å²) in [6, 6.07) is 1.21. The maximum Gasteiger partial charge on any atom is 0.0615 e. The average molecular weight is 230 g/mol. The lowest BCUT2D eigenvalue weighted by molar-refractivity contribution is 0.101. The average Bonchev–Trinajstić information content (AvgIpc) is 2.30. The minimum atomic E-state index is 0.532. The molecule has 2 unspecified atom stereocenters. The van der Waals surface area contributed by atoms with Gasteiger partial charge >= 0.3 is 0 Å². The summed E-state index contributed by atoms with van der Waals surface area (Å²) in [6.07, 6.45) is 3.75. The molecule has 1 N–H and O–H groups in total. The van der Waals surface area contributed by atoms with Crippen LogP contribution in [-0.4, -0.2) is 50.8 Å². The number of nitrogens with zero attached hydrogens (tertiary/aromatic N) is 1. The van der Waals surface area contributed by atoms with E-state index in [9.17, 15) is 0 Å². The van der Waals surface area contributed by atoms with E-state index in [1.165, 1.54) is 25.8 Å². The monoisotopic (exact) mass is 230 g/mol. The highest BCUT2D eigenvalue weighted by Crippen LogP contribution is 2.06. The Morgan fingerprint density at radius 3 is 2.44 bits per heavy atom. The molecule has 0 amide bonds. The molecule has 0 saturated heterocycles. The Hall–Kier alpha value is -0.120. The van der Waals surface area contributed by atoms with Gasteiger partial charge in [0.1, 0.15) is 0 Å². The van der Waals surface area contributed by atoms with E-state index in [2.05, 4.69) is 38.0 Å². The Labute approximate surface area is 102 Å². The smallest absolute Gasteiger partial charge is 0.0615 e. The number of nitrogens with one attached hydrogen (secondary N) is 1. The highest BCUT2D eigenvalue weighted by atomic mass is 16.5. The molecule has 98 valence electrons. The van der Waals surface area contributed by atoms with Crippen LogP contribution in [0.1, 0.15) is 40.0 Å². The zero-order valence-corrected chi connectivity index (χ0v) is 11.8. The molecule has 0 aliphatic rings. The molecule has 0 radical (unpaired) electrons. The fourth-order valence-corrected chi connectivity index (χ4v) is 2.13. The van der Waals surface area contributed by atoms with E-state index in [4.69, 9.17) is 4.74 Å². The minimum Gasteiger partial charge on any atom is -0.383 e. The fraction of sp³-hybridized carbons (Fsp3) is 1.00. The van der Waals surface area contributed by atoms with Crippen LogP contribution in [0.3, 0.4) is 0 Å². The normalized spacial score (nSPS) is 15.4. The Morgan fingerprint density at radius 2 is 2.00 bits per heavy atom. The van der Waals surface area contributed by atoms with Crippen LogP contribution in [0.25, 0.3) is 0 Å². The van der Waals surface area contributed by atoms with Gasteiger partial charge < -0.3 is 10.1 Å². The molecule has 0 aliphatic carbocycles. The summed E-state index contributed by atoms with van der Waals surface area (Å²) in [5, 5.41) is 3.35. The molecule has 3 heteroatoms. The van der Waals surface area contributed by atoms with Crippen LogP contribution < -0.4 is 5.32 Å². The van der Waals surface area contributed by atoms with Gasteiger partial charge in [-0.1, -0.05) is 13.8 Å². The Balaban J connectivity index is 3.77. The second-order valence-corrected chi connectivity index (χ2v) is 4.47. The molecule has 0 aliphatic heterocycles. The molecule has 0 aromatic carbocycles. The van der Waals surface area contributed by atoms with Crippen LogP contribution in [0, 0.1) is 0 Å². The van der Waals surface area contributed by atoms with E-state index < -0.39 is 0 Å². The first kappa shape index (κ1) is 15.9. The minimum absolute atomic E-state index is 0.532. The van der Waals surface area contributed by atoms with Gasteiger partial charge in [0.05, 0.1) is 6.61 Å². The van der Waals surface area contributed by atoms with Crippen LogP contribution in [-0.2, 0) is 4.74 Å². The van der Waals surface area contributed by atoms with Gasteiger partial charge in [0.15, 0.2) is 0 Å². The Kier molecular flexibility index (Phi) is 9.99. The van der Waals surface area contributed by atoms with Crippen LogP contribution in [0.15, 0.2) is 0 Å². The third-order valence-corrected chi connectivity index (χ3v) is 3.34. The van der Waals surface area contributed by atoms with Gasteiger partial charge in [0, 0.05) is 19.2 Å². The van der Waals surface area contributed by atoms with Crippen LogP contribution in [0.2, 0.25) is 0 Å². The van der Waals surface area contributed by atoms with Crippen molar-refractivity contribution in [3.63, 3.8) is 0 Å². The van der Waals surface area contributed by atoms with Gasteiger partial charge in [-0.2, -0.15) is 0 Å². The summed E-state index contributed by atoms with van der Waals surface area (Å²) in [6.45, 7) is 9.83. The number of likely N-dealkylation sites (N-methyl/N-ethyl adjacent to an activating group) is 1. The van der Waals surface area contributed by atoms with E-state index in [-0.39, 0.29) is 0 Å². The van der Waals surface area contributed by atoms with Gasteiger partial charge in [-0.15, -0.1) is 0 Å². The first-order valence-corrected chi connectivity index (χ1v) is 6.59. The predicted molar refractivity (Wildman–Crippen MR) is 71.0 cm³/mol. The van der Waals surface area contributed by atoms with Gasteiger partial charge in [-0.25, -0.2) is 0 Å². The molecule has 0 rings (SSSR count). The van der Waals surface area contributed by atoms with E-state index in [0.29, 0.717) is 12.1 Å². The fourth-order valence-electron chi connectivity index (χ4n) is 2.13. The second-order valence-electron chi connectivity index (χ2n) is 4.47. The number of ether oxygens (including phenoxy) is 1. The first-order valence-electron chi connectivity index (χ1n) is 6.59. The van der Waals surface area contributed by atoms with E-state index in [1.54, 1.807) is 7.11 Å². The second kappa shape index (κ2) is 10.1. The summed E-state index contributed by atoms with van der Waals surface area (Å²) < 4.78 is 5.20. The van der Waals surface area contributed by atoms with Crippen molar-refractivity contribution in [1.29, 1.82) is 0 Å². The lowest BCUT2D eigenvalue weighted by Crippen LogP contribution is -2.37. The maximum atomic E-state index is 5.20. The molecule has 0 fully saturated rings. The maximum absolute atomic E-state index is 5.20. The lowest BCUT2D eigenvalue weighted by atomic mass is 10.1. The van der Waals surface area contributed by atoms with Crippen LogP contribution in [0.4, 0.5) is 0 Å². The van der Waals surface area contributed by atoms with E-state index >= 15 is 0 Å². The zero-order chi connectivity index (χ0) is 12.4. The SMILES string of the molecule is CCC(CCCN(CC)C(C)COC)NC. The molecule has 0 heterocycles. The van der Waals surface area contributed by atoms with Crippen molar-refractivity contribution in [3.8, 4) is 0 Å². The highest BCUT2D eigenvalue weighted by Gasteiger charge is 2.11. The molecule has 0 aromatic heterocycles. The van der Waals surface area contributed by atoms with Crippen molar-refractivity contribution in [3.05, 3.63) is 0 Å². The van der Waals surface area contributed by atoms with Crippen LogP contribution >= 0.6 is 0 Å². The van der Waals surface area contributed by atoms with Crippen molar-refractivity contribution in [1.82, 2.24) is 10.2 Å². The predicted octanol–water partition coefficient (Wildman–Crippen LogP) is 2.12. The summed E-state index contributed by atoms with van der Waals surface area (Å²) >= 11 is 0. The number of hydrogen-bond acceptors (Lipinski definition) is 3. The quantitative estimate of drug-likeness (QED) is 0.622. The topological polar surface area (TPSA) is 24.5 Å². The molecular formula is C13H30N2O. The van der Waals surface area contributed by atoms with Crippen molar-refractivity contribution < 1.29 is 4.74 Å². The number of rotatable bonds is 10. The third kappa shape index (κ3) is 6.46.